The van der Waals surface area contributed by atoms with E-state index in [1.165, 1.54) is 37.1 Å². The molecule has 1 amide bonds. The maximum absolute atomic E-state index is 12.4. The molecular formula is C21H34N2O2. The van der Waals surface area contributed by atoms with Crippen LogP contribution in [0.5, 0.6) is 5.75 Å². The quantitative estimate of drug-likeness (QED) is 0.730. The van der Waals surface area contributed by atoms with Crippen LogP contribution in [-0.4, -0.2) is 43.1 Å². The second-order valence-corrected chi connectivity index (χ2v) is 7.43. The fraction of sp³-hybridized carbons (Fsp3) is 0.667. The van der Waals surface area contributed by atoms with Gasteiger partial charge in [0.2, 0.25) is 0 Å². The number of benzene rings is 1. The predicted octanol–water partition coefficient (Wildman–Crippen LogP) is 3.70. The second kappa shape index (κ2) is 9.81. The maximum Gasteiger partial charge on any atom is 0.261 e. The van der Waals surface area contributed by atoms with Crippen LogP contribution in [0.15, 0.2) is 18.2 Å². The molecule has 25 heavy (non-hydrogen) atoms. The predicted molar refractivity (Wildman–Crippen MR) is 103 cm³/mol. The van der Waals surface area contributed by atoms with Crippen LogP contribution < -0.4 is 10.1 Å². The summed E-state index contributed by atoms with van der Waals surface area (Å²) >= 11 is 0. The van der Waals surface area contributed by atoms with E-state index in [0.717, 1.165) is 31.2 Å². The topological polar surface area (TPSA) is 41.6 Å². The number of nitrogens with one attached hydrogen (secondary N) is 1. The molecule has 0 spiro atoms. The molecule has 4 heteroatoms. The molecule has 1 aliphatic heterocycles. The summed E-state index contributed by atoms with van der Waals surface area (Å²) in [4.78, 5) is 14.9. The number of rotatable bonds is 8. The number of aryl methyl sites for hydroxylation is 2. The van der Waals surface area contributed by atoms with E-state index in [4.69, 9.17) is 4.74 Å². The van der Waals surface area contributed by atoms with Crippen LogP contribution >= 0.6 is 0 Å². The molecule has 1 N–H and O–H groups in total. The van der Waals surface area contributed by atoms with Gasteiger partial charge in [-0.15, -0.1) is 0 Å². The third-order valence-corrected chi connectivity index (χ3v) is 5.25. The molecule has 0 unspecified atom stereocenters. The Kier molecular flexibility index (Phi) is 7.76. The van der Waals surface area contributed by atoms with E-state index in [2.05, 4.69) is 31.0 Å². The lowest BCUT2D eigenvalue weighted by molar-refractivity contribution is -0.128. The zero-order chi connectivity index (χ0) is 18.2. The molecule has 1 atom stereocenters. The summed E-state index contributed by atoms with van der Waals surface area (Å²) in [6.45, 7) is 12.6. The lowest BCUT2D eigenvalue weighted by Gasteiger charge is -2.30. The lowest BCUT2D eigenvalue weighted by Crippen LogP contribution is -2.40. The SMILES string of the molecule is CC[C@H](Oc1ccc(C)c(C)c1)C(=O)NCCCN1CCC(C)CC1. The van der Waals surface area contributed by atoms with Crippen LogP contribution in [0.2, 0.25) is 0 Å². The number of carbonyl (C=O) groups is 1. The van der Waals surface area contributed by atoms with E-state index in [-0.39, 0.29) is 5.91 Å². The van der Waals surface area contributed by atoms with Crippen molar-refractivity contribution in [1.82, 2.24) is 10.2 Å². The van der Waals surface area contributed by atoms with Gasteiger partial charge in [-0.3, -0.25) is 4.79 Å². The Labute approximate surface area is 152 Å². The van der Waals surface area contributed by atoms with Crippen molar-refractivity contribution in [1.29, 1.82) is 0 Å². The minimum Gasteiger partial charge on any atom is -0.481 e. The fourth-order valence-corrected chi connectivity index (χ4v) is 3.19. The van der Waals surface area contributed by atoms with Crippen molar-refractivity contribution in [3.05, 3.63) is 29.3 Å². The number of carbonyl (C=O) groups excluding carboxylic acids is 1. The van der Waals surface area contributed by atoms with Crippen molar-refractivity contribution in [2.75, 3.05) is 26.2 Å². The highest BCUT2D eigenvalue weighted by atomic mass is 16.5. The van der Waals surface area contributed by atoms with Crippen molar-refractivity contribution >= 4 is 5.91 Å². The third-order valence-electron chi connectivity index (χ3n) is 5.25. The van der Waals surface area contributed by atoms with E-state index in [1.54, 1.807) is 0 Å². The Bertz CT molecular complexity index is 551. The summed E-state index contributed by atoms with van der Waals surface area (Å²) in [5, 5.41) is 3.04. The van der Waals surface area contributed by atoms with Crippen molar-refractivity contribution in [2.45, 2.75) is 59.5 Å². The van der Waals surface area contributed by atoms with E-state index >= 15 is 0 Å². The van der Waals surface area contributed by atoms with Gasteiger partial charge in [0.1, 0.15) is 5.75 Å². The van der Waals surface area contributed by atoms with E-state index in [0.29, 0.717) is 6.42 Å². The zero-order valence-electron chi connectivity index (χ0n) is 16.3. The summed E-state index contributed by atoms with van der Waals surface area (Å²) in [6, 6.07) is 5.98. The number of piperidine rings is 1. The first kappa shape index (κ1) is 19.8. The van der Waals surface area contributed by atoms with Crippen molar-refractivity contribution < 1.29 is 9.53 Å². The standard InChI is InChI=1S/C21H34N2O2/c1-5-20(25-19-8-7-17(3)18(4)15-19)21(24)22-11-6-12-23-13-9-16(2)10-14-23/h7-8,15-16,20H,5-6,9-14H2,1-4H3,(H,22,24)/t20-/m0/s1. The van der Waals surface area contributed by atoms with E-state index in [1.807, 2.05) is 25.1 Å². The summed E-state index contributed by atoms with van der Waals surface area (Å²) in [7, 11) is 0. The van der Waals surface area contributed by atoms with Crippen LogP contribution in [-0.2, 0) is 4.79 Å². The molecule has 1 aromatic rings. The highest BCUT2D eigenvalue weighted by Crippen LogP contribution is 2.19. The van der Waals surface area contributed by atoms with Gasteiger partial charge in [0.25, 0.3) is 5.91 Å². The largest absolute Gasteiger partial charge is 0.481 e. The Morgan fingerprint density at radius 1 is 1.28 bits per heavy atom. The molecule has 0 bridgehead atoms. The van der Waals surface area contributed by atoms with Gasteiger partial charge in [0.05, 0.1) is 0 Å². The summed E-state index contributed by atoms with van der Waals surface area (Å²) in [5.74, 6) is 1.63. The average Bonchev–Trinajstić information content (AvgIpc) is 2.61. The van der Waals surface area contributed by atoms with Crippen LogP contribution in [0.25, 0.3) is 0 Å². The summed E-state index contributed by atoms with van der Waals surface area (Å²) in [5.41, 5.74) is 2.42. The third kappa shape index (κ3) is 6.35. The number of hydrogen-bond donors (Lipinski definition) is 1. The Morgan fingerprint density at radius 3 is 2.64 bits per heavy atom. The van der Waals surface area contributed by atoms with Gasteiger partial charge < -0.3 is 15.0 Å². The van der Waals surface area contributed by atoms with Gasteiger partial charge in [0, 0.05) is 6.54 Å². The summed E-state index contributed by atoms with van der Waals surface area (Å²) < 4.78 is 5.90. The first-order valence-corrected chi connectivity index (χ1v) is 9.73. The van der Waals surface area contributed by atoms with Gasteiger partial charge in [-0.2, -0.15) is 0 Å². The molecule has 0 aliphatic carbocycles. The van der Waals surface area contributed by atoms with Crippen molar-refractivity contribution in [2.24, 2.45) is 5.92 Å². The van der Waals surface area contributed by atoms with Crippen LogP contribution in [0.1, 0.15) is 50.7 Å². The molecular weight excluding hydrogens is 312 g/mol. The molecule has 1 fully saturated rings. The number of nitrogens with zero attached hydrogens (tertiary/aromatic N) is 1. The van der Waals surface area contributed by atoms with E-state index in [9.17, 15) is 4.79 Å². The highest BCUT2D eigenvalue weighted by Gasteiger charge is 2.19. The van der Waals surface area contributed by atoms with Crippen LogP contribution in [0.4, 0.5) is 0 Å². The van der Waals surface area contributed by atoms with E-state index < -0.39 is 6.10 Å². The molecule has 1 saturated heterocycles. The number of ether oxygens (including phenoxy) is 1. The van der Waals surface area contributed by atoms with Crippen molar-refractivity contribution in [3.63, 3.8) is 0 Å². The highest BCUT2D eigenvalue weighted by molar-refractivity contribution is 5.81. The maximum atomic E-state index is 12.4. The molecule has 1 aromatic carbocycles. The van der Waals surface area contributed by atoms with Gasteiger partial charge in [-0.05, 0) is 88.3 Å². The van der Waals surface area contributed by atoms with Crippen molar-refractivity contribution in [3.8, 4) is 5.75 Å². The molecule has 0 saturated carbocycles. The minimum atomic E-state index is -0.419. The Morgan fingerprint density at radius 2 is 2.00 bits per heavy atom. The average molecular weight is 347 g/mol. The Balaban J connectivity index is 1.71. The van der Waals surface area contributed by atoms with Gasteiger partial charge >= 0.3 is 0 Å². The van der Waals surface area contributed by atoms with Crippen LogP contribution in [0, 0.1) is 19.8 Å². The molecule has 1 heterocycles. The Hall–Kier alpha value is -1.55. The molecule has 1 aliphatic rings. The minimum absolute atomic E-state index is 0.00649. The second-order valence-electron chi connectivity index (χ2n) is 7.43. The van der Waals surface area contributed by atoms with Crippen LogP contribution in [0.3, 0.4) is 0 Å². The molecule has 140 valence electrons. The first-order chi connectivity index (χ1) is 12.0. The molecule has 2 rings (SSSR count). The number of hydrogen-bond acceptors (Lipinski definition) is 3. The zero-order valence-corrected chi connectivity index (χ0v) is 16.3. The lowest BCUT2D eigenvalue weighted by atomic mass is 9.99. The normalized spacial score (nSPS) is 17.3. The molecule has 0 radical (unpaired) electrons. The monoisotopic (exact) mass is 346 g/mol. The van der Waals surface area contributed by atoms with Gasteiger partial charge in [-0.25, -0.2) is 0 Å². The fourth-order valence-electron chi connectivity index (χ4n) is 3.19. The van der Waals surface area contributed by atoms with Gasteiger partial charge in [-0.1, -0.05) is 19.9 Å². The molecule has 0 aromatic heterocycles. The summed E-state index contributed by atoms with van der Waals surface area (Å²) in [6.07, 6.45) is 3.85. The number of likely N-dealkylation sites (tertiary alicyclic amines) is 1. The molecule has 4 nitrogen and oxygen atoms in total. The number of amides is 1. The van der Waals surface area contributed by atoms with Gasteiger partial charge in [0.15, 0.2) is 6.10 Å². The first-order valence-electron chi connectivity index (χ1n) is 9.73. The smallest absolute Gasteiger partial charge is 0.261 e.